The Morgan fingerprint density at radius 3 is 2.35 bits per heavy atom. The zero-order valence-electron chi connectivity index (χ0n) is 17.0. The molecule has 3 rings (SSSR count). The summed E-state index contributed by atoms with van der Waals surface area (Å²) in [5, 5.41) is 11.5. The minimum Gasteiger partial charge on any atom is -0.493 e. The number of ether oxygens (including phenoxy) is 3. The van der Waals surface area contributed by atoms with Crippen LogP contribution in [0.25, 0.3) is 0 Å². The molecule has 10 heteroatoms. The first-order chi connectivity index (χ1) is 14.8. The van der Waals surface area contributed by atoms with Gasteiger partial charge >= 0.3 is 11.7 Å². The van der Waals surface area contributed by atoms with Crippen LogP contribution in [0.3, 0.4) is 0 Å². The molecule has 0 aliphatic carbocycles. The lowest BCUT2D eigenvalue weighted by Gasteiger charge is -2.30. The fourth-order valence-corrected chi connectivity index (χ4v) is 3.56. The molecule has 0 atom stereocenters. The number of nitrogens with zero attached hydrogens (tertiary/aromatic N) is 2. The van der Waals surface area contributed by atoms with Gasteiger partial charge in [0.15, 0.2) is 11.5 Å². The monoisotopic (exact) mass is 448 g/mol. The Labute approximate surface area is 183 Å². The molecule has 0 aromatic heterocycles. The fourth-order valence-electron chi connectivity index (χ4n) is 3.39. The second-order valence-electron chi connectivity index (χ2n) is 6.93. The normalized spacial score (nSPS) is 14.1. The Bertz CT molecular complexity index is 1000. The first-order valence-electron chi connectivity index (χ1n) is 9.51. The number of nitro benzene ring substituents is 1. The van der Waals surface area contributed by atoms with Crippen molar-refractivity contribution in [3.8, 4) is 17.2 Å². The van der Waals surface area contributed by atoms with Crippen LogP contribution in [0.15, 0.2) is 36.4 Å². The van der Waals surface area contributed by atoms with Gasteiger partial charge in [-0.05, 0) is 43.2 Å². The number of benzene rings is 2. The molecule has 2 aromatic carbocycles. The second-order valence-corrected chi connectivity index (χ2v) is 7.36. The topological polar surface area (TPSA) is 108 Å². The largest absolute Gasteiger partial charge is 0.493 e. The third kappa shape index (κ3) is 5.05. The van der Waals surface area contributed by atoms with Crippen molar-refractivity contribution in [1.29, 1.82) is 0 Å². The summed E-state index contributed by atoms with van der Waals surface area (Å²) in [5.74, 6) is -0.197. The zero-order chi connectivity index (χ0) is 22.5. The predicted octanol–water partition coefficient (Wildman–Crippen LogP) is 4.07. The summed E-state index contributed by atoms with van der Waals surface area (Å²) in [6, 6.07) is 8.67. The zero-order valence-corrected chi connectivity index (χ0v) is 17.8. The number of carbonyl (C=O) groups excluding carboxylic acids is 2. The molecule has 2 aromatic rings. The van der Waals surface area contributed by atoms with E-state index in [9.17, 15) is 19.7 Å². The molecule has 1 heterocycles. The summed E-state index contributed by atoms with van der Waals surface area (Å²) in [6.45, 7) is 0.881. The minimum atomic E-state index is -0.594. The Balaban J connectivity index is 1.77. The number of piperidine rings is 1. The lowest BCUT2D eigenvalue weighted by molar-refractivity contribution is -0.385. The van der Waals surface area contributed by atoms with E-state index in [4.69, 9.17) is 25.8 Å². The Kier molecular flexibility index (Phi) is 6.96. The number of hydrogen-bond acceptors (Lipinski definition) is 7. The molecule has 0 bridgehead atoms. The van der Waals surface area contributed by atoms with E-state index in [2.05, 4.69) is 0 Å². The molecule has 0 saturated carbocycles. The second kappa shape index (κ2) is 9.65. The molecule has 0 N–H and O–H groups in total. The highest BCUT2D eigenvalue weighted by Gasteiger charge is 2.29. The van der Waals surface area contributed by atoms with E-state index in [0.717, 1.165) is 0 Å². The van der Waals surface area contributed by atoms with E-state index in [-0.39, 0.29) is 45.8 Å². The van der Waals surface area contributed by atoms with Crippen LogP contribution in [0.2, 0.25) is 5.02 Å². The van der Waals surface area contributed by atoms with Crippen LogP contribution < -0.4 is 9.47 Å². The van der Waals surface area contributed by atoms with Crippen LogP contribution in [-0.2, 0) is 9.53 Å². The number of nitro groups is 1. The van der Waals surface area contributed by atoms with Gasteiger partial charge in [-0.25, -0.2) is 0 Å². The van der Waals surface area contributed by atoms with E-state index in [1.54, 1.807) is 11.0 Å². The SMILES string of the molecule is COC(=O)C1CCN(C(=O)c2ccc(Oc3ccc(Cl)cc3[N+](=O)[O-])c(OC)c2)CC1. The number of likely N-dealkylation sites (tertiary alicyclic amines) is 1. The van der Waals surface area contributed by atoms with E-state index in [1.807, 2.05) is 0 Å². The fraction of sp³-hybridized carbons (Fsp3) is 0.333. The van der Waals surface area contributed by atoms with Crippen molar-refractivity contribution < 1.29 is 28.7 Å². The molecule has 9 nitrogen and oxygen atoms in total. The summed E-state index contributed by atoms with van der Waals surface area (Å²) in [6.07, 6.45) is 1.08. The number of carbonyl (C=O) groups is 2. The maximum atomic E-state index is 12.9. The van der Waals surface area contributed by atoms with Gasteiger partial charge in [-0.15, -0.1) is 0 Å². The predicted molar refractivity (Wildman–Crippen MR) is 112 cm³/mol. The molecule has 1 fully saturated rings. The average molecular weight is 449 g/mol. The van der Waals surface area contributed by atoms with Gasteiger partial charge < -0.3 is 19.1 Å². The lowest BCUT2D eigenvalue weighted by atomic mass is 9.96. The molecule has 1 amide bonds. The van der Waals surface area contributed by atoms with Crippen molar-refractivity contribution >= 4 is 29.2 Å². The Morgan fingerprint density at radius 2 is 1.74 bits per heavy atom. The van der Waals surface area contributed by atoms with Crippen LogP contribution in [0, 0.1) is 16.0 Å². The summed E-state index contributed by atoms with van der Waals surface area (Å²) in [4.78, 5) is 36.9. The molecule has 164 valence electrons. The molecular formula is C21H21ClN2O7. The minimum absolute atomic E-state index is 0.00309. The van der Waals surface area contributed by atoms with E-state index in [0.29, 0.717) is 31.5 Å². The van der Waals surface area contributed by atoms with Gasteiger partial charge in [0.25, 0.3) is 5.91 Å². The van der Waals surface area contributed by atoms with Gasteiger partial charge in [0.05, 0.1) is 25.1 Å². The first kappa shape index (κ1) is 22.4. The third-order valence-electron chi connectivity index (χ3n) is 5.06. The van der Waals surface area contributed by atoms with Crippen molar-refractivity contribution in [2.24, 2.45) is 5.92 Å². The molecule has 1 aliphatic heterocycles. The number of methoxy groups -OCH3 is 2. The molecule has 31 heavy (non-hydrogen) atoms. The standard InChI is InChI=1S/C21H21ClN2O7/c1-29-19-11-14(20(25)23-9-7-13(8-10-23)21(26)30-2)3-5-18(19)31-17-6-4-15(22)12-16(17)24(27)28/h3-6,11-13H,7-10H2,1-2H3. The maximum absolute atomic E-state index is 12.9. The highest BCUT2D eigenvalue weighted by molar-refractivity contribution is 6.30. The van der Waals surface area contributed by atoms with Gasteiger partial charge in [-0.2, -0.15) is 0 Å². The maximum Gasteiger partial charge on any atom is 0.313 e. The van der Waals surface area contributed by atoms with E-state index in [1.165, 1.54) is 44.6 Å². The van der Waals surface area contributed by atoms with E-state index < -0.39 is 4.92 Å². The van der Waals surface area contributed by atoms with Gasteiger partial charge in [0, 0.05) is 29.7 Å². The van der Waals surface area contributed by atoms with Crippen LogP contribution in [0.1, 0.15) is 23.2 Å². The van der Waals surface area contributed by atoms with Crippen molar-refractivity contribution in [2.75, 3.05) is 27.3 Å². The summed E-state index contributed by atoms with van der Waals surface area (Å²) in [7, 11) is 2.77. The van der Waals surface area contributed by atoms with Crippen molar-refractivity contribution in [3.63, 3.8) is 0 Å². The van der Waals surface area contributed by atoms with Gasteiger partial charge in [0.2, 0.25) is 5.75 Å². The van der Waals surface area contributed by atoms with Crippen molar-refractivity contribution in [2.45, 2.75) is 12.8 Å². The van der Waals surface area contributed by atoms with Crippen LogP contribution >= 0.6 is 11.6 Å². The number of esters is 1. The molecule has 0 unspecified atom stereocenters. The smallest absolute Gasteiger partial charge is 0.313 e. The molecule has 1 saturated heterocycles. The molecule has 1 aliphatic rings. The number of halogens is 1. The van der Waals surface area contributed by atoms with Crippen LogP contribution in [0.5, 0.6) is 17.2 Å². The van der Waals surface area contributed by atoms with Crippen LogP contribution in [0.4, 0.5) is 5.69 Å². The Hall–Kier alpha value is -3.33. The average Bonchev–Trinajstić information content (AvgIpc) is 2.79. The lowest BCUT2D eigenvalue weighted by Crippen LogP contribution is -2.40. The quantitative estimate of drug-likeness (QED) is 0.372. The number of amides is 1. The van der Waals surface area contributed by atoms with Crippen molar-refractivity contribution in [3.05, 3.63) is 57.1 Å². The van der Waals surface area contributed by atoms with Crippen molar-refractivity contribution in [1.82, 2.24) is 4.90 Å². The van der Waals surface area contributed by atoms with Crippen LogP contribution in [-0.4, -0.2) is 49.0 Å². The Morgan fingerprint density at radius 1 is 1.06 bits per heavy atom. The third-order valence-corrected chi connectivity index (χ3v) is 5.30. The summed E-state index contributed by atoms with van der Waals surface area (Å²) >= 11 is 5.83. The summed E-state index contributed by atoms with van der Waals surface area (Å²) in [5.41, 5.74) is 0.0921. The first-order valence-corrected chi connectivity index (χ1v) is 9.88. The number of hydrogen-bond donors (Lipinski definition) is 0. The highest BCUT2D eigenvalue weighted by Crippen LogP contribution is 2.38. The summed E-state index contributed by atoms with van der Waals surface area (Å²) < 4.78 is 15.8. The molecule has 0 spiro atoms. The molecular weight excluding hydrogens is 428 g/mol. The van der Waals surface area contributed by atoms with E-state index >= 15 is 0 Å². The van der Waals surface area contributed by atoms with Gasteiger partial charge in [-0.1, -0.05) is 11.6 Å². The molecule has 0 radical (unpaired) electrons. The number of rotatable bonds is 6. The van der Waals surface area contributed by atoms with Gasteiger partial charge in [-0.3, -0.25) is 19.7 Å². The van der Waals surface area contributed by atoms with Gasteiger partial charge in [0.1, 0.15) is 0 Å². The highest BCUT2D eigenvalue weighted by atomic mass is 35.5.